The monoisotopic (exact) mass is 406 g/mol. The highest BCUT2D eigenvalue weighted by Crippen LogP contribution is 2.26. The largest absolute Gasteiger partial charge is 0.510 e. The number of hydrogen-bond acceptors (Lipinski definition) is 8. The maximum absolute atomic E-state index is 11.4. The van der Waals surface area contributed by atoms with Gasteiger partial charge in [0, 0.05) is 13.8 Å². The third-order valence-corrected chi connectivity index (χ3v) is 3.95. The molecule has 2 aromatic rings. The third kappa shape index (κ3) is 6.03. The van der Waals surface area contributed by atoms with Crippen molar-refractivity contribution in [3.63, 3.8) is 0 Å². The summed E-state index contributed by atoms with van der Waals surface area (Å²) in [5.74, 6) is -1.10. The van der Waals surface area contributed by atoms with Crippen LogP contribution in [-0.4, -0.2) is 21.8 Å². The molecule has 2 rings (SSSR count). The van der Waals surface area contributed by atoms with Crippen molar-refractivity contribution >= 4 is 22.9 Å². The molecule has 0 aliphatic rings. The van der Waals surface area contributed by atoms with E-state index in [4.69, 9.17) is 0 Å². The molecule has 0 unspecified atom stereocenters. The topological polar surface area (TPSA) is 124 Å². The Morgan fingerprint density at radius 1 is 0.600 bits per heavy atom. The summed E-state index contributed by atoms with van der Waals surface area (Å²) >= 11 is 0. The molecule has 0 saturated heterocycles. The molecular weight excluding hydrogens is 384 g/mol. The average Bonchev–Trinajstić information content (AvgIpc) is 2.68. The summed E-state index contributed by atoms with van der Waals surface area (Å²) < 4.78 is 0. The standard InChI is InChI=1S/C22H22N4O4/c1-13(27)21(14(2)28)25-23-19-9-5-17(6-10-19)18-7-11-20(12-8-18)24-26-22(15(3)29)16(4)30/h5-12,27,29H,1-4H3/b21-13-,22-15+,25-23?,26-24?. The van der Waals surface area contributed by atoms with Crippen molar-refractivity contribution in [2.24, 2.45) is 20.5 Å². The molecule has 2 N–H and O–H groups in total. The van der Waals surface area contributed by atoms with Gasteiger partial charge in [0.25, 0.3) is 0 Å². The van der Waals surface area contributed by atoms with Crippen molar-refractivity contribution < 1.29 is 19.8 Å². The van der Waals surface area contributed by atoms with Crippen LogP contribution in [0, 0.1) is 0 Å². The zero-order valence-electron chi connectivity index (χ0n) is 17.1. The molecule has 30 heavy (non-hydrogen) atoms. The zero-order valence-corrected chi connectivity index (χ0v) is 17.1. The van der Waals surface area contributed by atoms with Crippen LogP contribution in [0.4, 0.5) is 11.4 Å². The number of carbonyl (C=O) groups excluding carboxylic acids is 2. The van der Waals surface area contributed by atoms with Gasteiger partial charge in [0.15, 0.2) is 23.0 Å². The van der Waals surface area contributed by atoms with Crippen molar-refractivity contribution in [2.45, 2.75) is 27.7 Å². The molecule has 0 aliphatic heterocycles. The van der Waals surface area contributed by atoms with E-state index in [0.717, 1.165) is 11.1 Å². The molecule has 8 nitrogen and oxygen atoms in total. The summed E-state index contributed by atoms with van der Waals surface area (Å²) in [5.41, 5.74) is 2.76. The second-order valence-electron chi connectivity index (χ2n) is 6.47. The van der Waals surface area contributed by atoms with E-state index in [-0.39, 0.29) is 34.5 Å². The van der Waals surface area contributed by atoms with E-state index >= 15 is 0 Å². The molecule has 0 atom stereocenters. The minimum atomic E-state index is -0.368. The number of aliphatic hydroxyl groups is 2. The van der Waals surface area contributed by atoms with Crippen LogP contribution in [0.15, 0.2) is 91.9 Å². The molecular formula is C22H22N4O4. The summed E-state index contributed by atoms with van der Waals surface area (Å²) in [4.78, 5) is 22.8. The number of nitrogens with zero attached hydrogens (tertiary/aromatic N) is 4. The molecule has 0 heterocycles. The Morgan fingerprint density at radius 2 is 0.900 bits per heavy atom. The highest BCUT2D eigenvalue weighted by molar-refractivity contribution is 5.93. The minimum Gasteiger partial charge on any atom is -0.510 e. The first-order valence-corrected chi connectivity index (χ1v) is 9.04. The lowest BCUT2D eigenvalue weighted by Crippen LogP contribution is -1.96. The first-order chi connectivity index (χ1) is 14.2. The van der Waals surface area contributed by atoms with E-state index < -0.39 is 0 Å². The number of benzene rings is 2. The molecule has 8 heteroatoms. The Labute approximate surface area is 174 Å². The first-order valence-electron chi connectivity index (χ1n) is 9.04. The van der Waals surface area contributed by atoms with Gasteiger partial charge < -0.3 is 10.2 Å². The van der Waals surface area contributed by atoms with Crippen molar-refractivity contribution in [3.05, 3.63) is 71.4 Å². The molecule has 0 spiro atoms. The second kappa shape index (κ2) is 10.0. The number of azo groups is 2. The predicted octanol–water partition coefficient (Wildman–Crippen LogP) is 6.28. The van der Waals surface area contributed by atoms with E-state index in [0.29, 0.717) is 11.4 Å². The van der Waals surface area contributed by atoms with Crippen LogP contribution >= 0.6 is 0 Å². The van der Waals surface area contributed by atoms with Gasteiger partial charge in [0.1, 0.15) is 11.5 Å². The molecule has 0 saturated carbocycles. The maximum atomic E-state index is 11.4. The summed E-state index contributed by atoms with van der Waals surface area (Å²) in [7, 11) is 0. The molecule has 154 valence electrons. The normalized spacial score (nSPS) is 13.3. The SMILES string of the molecule is CC(=O)/C(N=Nc1ccc(-c2ccc(N=N/C(C(C)=O)=C(\C)O)cc2)cc1)=C(\C)O. The summed E-state index contributed by atoms with van der Waals surface area (Å²) in [6, 6.07) is 14.4. The Balaban J connectivity index is 2.16. The van der Waals surface area contributed by atoms with Crippen LogP contribution in [-0.2, 0) is 9.59 Å². The van der Waals surface area contributed by atoms with E-state index in [1.807, 2.05) is 24.3 Å². The number of carbonyl (C=O) groups is 2. The van der Waals surface area contributed by atoms with Gasteiger partial charge in [0.05, 0.1) is 11.4 Å². The number of hydrogen-bond donors (Lipinski definition) is 2. The number of Topliss-reactive ketones (excluding diaryl/α,β-unsaturated/α-hetero) is 2. The molecule has 0 bridgehead atoms. The van der Waals surface area contributed by atoms with Crippen LogP contribution in [0.5, 0.6) is 0 Å². The predicted molar refractivity (Wildman–Crippen MR) is 113 cm³/mol. The quantitative estimate of drug-likeness (QED) is 0.319. The third-order valence-electron chi connectivity index (χ3n) is 3.95. The highest BCUT2D eigenvalue weighted by atomic mass is 16.3. The van der Waals surface area contributed by atoms with Crippen LogP contribution in [0.1, 0.15) is 27.7 Å². The zero-order chi connectivity index (χ0) is 22.3. The number of rotatable bonds is 7. The van der Waals surface area contributed by atoms with Crippen LogP contribution in [0.3, 0.4) is 0 Å². The Kier molecular flexibility index (Phi) is 7.46. The van der Waals surface area contributed by atoms with Gasteiger partial charge >= 0.3 is 0 Å². The minimum absolute atomic E-state index is 0.0806. The molecule has 0 amide bonds. The van der Waals surface area contributed by atoms with Crippen molar-refractivity contribution in [1.82, 2.24) is 0 Å². The Morgan fingerprint density at radius 3 is 1.13 bits per heavy atom. The second-order valence-corrected chi connectivity index (χ2v) is 6.47. The van der Waals surface area contributed by atoms with Gasteiger partial charge in [-0.1, -0.05) is 24.3 Å². The van der Waals surface area contributed by atoms with E-state index in [1.165, 1.54) is 27.7 Å². The van der Waals surface area contributed by atoms with Gasteiger partial charge in [-0.3, -0.25) is 9.59 Å². The lowest BCUT2D eigenvalue weighted by atomic mass is 10.1. The van der Waals surface area contributed by atoms with Crippen molar-refractivity contribution in [2.75, 3.05) is 0 Å². The van der Waals surface area contributed by atoms with Crippen LogP contribution in [0.25, 0.3) is 11.1 Å². The lowest BCUT2D eigenvalue weighted by molar-refractivity contribution is -0.114. The lowest BCUT2D eigenvalue weighted by Gasteiger charge is -2.03. The summed E-state index contributed by atoms with van der Waals surface area (Å²) in [5, 5.41) is 34.5. The van der Waals surface area contributed by atoms with Gasteiger partial charge in [0.2, 0.25) is 0 Å². The molecule has 0 aromatic heterocycles. The molecule has 0 fully saturated rings. The fourth-order valence-corrected chi connectivity index (χ4v) is 2.45. The van der Waals surface area contributed by atoms with Crippen LogP contribution < -0.4 is 0 Å². The van der Waals surface area contributed by atoms with E-state index in [9.17, 15) is 19.8 Å². The van der Waals surface area contributed by atoms with Crippen LogP contribution in [0.2, 0.25) is 0 Å². The summed E-state index contributed by atoms with van der Waals surface area (Å²) in [6.45, 7) is 5.37. The average molecular weight is 406 g/mol. The fraction of sp³-hybridized carbons (Fsp3) is 0.182. The molecule has 0 aliphatic carbocycles. The van der Waals surface area contributed by atoms with Crippen molar-refractivity contribution in [1.29, 1.82) is 0 Å². The highest BCUT2D eigenvalue weighted by Gasteiger charge is 2.08. The molecule has 2 aromatic carbocycles. The van der Waals surface area contributed by atoms with E-state index in [2.05, 4.69) is 20.5 Å². The fourth-order valence-electron chi connectivity index (χ4n) is 2.45. The van der Waals surface area contributed by atoms with Gasteiger partial charge in [-0.15, -0.1) is 10.2 Å². The van der Waals surface area contributed by atoms with Gasteiger partial charge in [-0.25, -0.2) is 0 Å². The smallest absolute Gasteiger partial charge is 0.183 e. The number of aliphatic hydroxyl groups excluding tert-OH is 2. The van der Waals surface area contributed by atoms with Gasteiger partial charge in [-0.05, 0) is 49.2 Å². The first kappa shape index (κ1) is 22.4. The maximum Gasteiger partial charge on any atom is 0.183 e. The van der Waals surface area contributed by atoms with E-state index in [1.54, 1.807) is 24.3 Å². The Bertz CT molecular complexity index is 968. The van der Waals surface area contributed by atoms with Gasteiger partial charge in [-0.2, -0.15) is 10.2 Å². The number of ketones is 2. The molecule has 0 radical (unpaired) electrons. The van der Waals surface area contributed by atoms with Crippen molar-refractivity contribution in [3.8, 4) is 11.1 Å². The number of allylic oxidation sites excluding steroid dienone is 4. The summed E-state index contributed by atoms with van der Waals surface area (Å²) in [6.07, 6.45) is 0. The Hall–Kier alpha value is -3.94.